The molecule has 1 heterocycles. The van der Waals surface area contributed by atoms with E-state index in [1.807, 2.05) is 31.2 Å². The van der Waals surface area contributed by atoms with Gasteiger partial charge in [-0.1, -0.05) is 18.1 Å². The Morgan fingerprint density at radius 3 is 2.53 bits per heavy atom. The highest BCUT2D eigenvalue weighted by atomic mass is 32.2. The Morgan fingerprint density at radius 2 is 1.90 bits per heavy atom. The maximum atomic E-state index is 12.6. The molecule has 2 N–H and O–H groups in total. The number of hydrogen-bond donors (Lipinski definition) is 2. The molecular weight excluding hydrogens is 402 g/mol. The van der Waals surface area contributed by atoms with Crippen LogP contribution >= 0.6 is 11.8 Å². The minimum Gasteiger partial charge on any atom is -0.497 e. The molecule has 0 saturated carbocycles. The van der Waals surface area contributed by atoms with Gasteiger partial charge in [0.15, 0.2) is 5.82 Å². The molecule has 0 saturated heterocycles. The van der Waals surface area contributed by atoms with E-state index in [2.05, 4.69) is 15.8 Å². The van der Waals surface area contributed by atoms with Crippen LogP contribution in [0.4, 0.5) is 11.5 Å². The number of nitrogens with one attached hydrogen (secondary N) is 2. The Bertz CT molecular complexity index is 1020. The molecule has 1 atom stereocenters. The molecule has 2 aromatic carbocycles. The van der Waals surface area contributed by atoms with Crippen molar-refractivity contribution in [2.75, 3.05) is 17.7 Å². The molecule has 0 bridgehead atoms. The van der Waals surface area contributed by atoms with Crippen LogP contribution in [0.5, 0.6) is 5.75 Å². The van der Waals surface area contributed by atoms with Crippen molar-refractivity contribution in [3.05, 3.63) is 65.9 Å². The minimum atomic E-state index is -0.311. The van der Waals surface area contributed by atoms with Crippen LogP contribution < -0.4 is 15.4 Å². The van der Waals surface area contributed by atoms with Gasteiger partial charge in [-0.2, -0.15) is 0 Å². The molecule has 7 nitrogen and oxygen atoms in total. The average molecular weight is 426 g/mol. The molecule has 8 heteroatoms. The number of thioether (sulfide) groups is 1. The summed E-state index contributed by atoms with van der Waals surface area (Å²) in [7, 11) is 1.58. The largest absolute Gasteiger partial charge is 0.497 e. The lowest BCUT2D eigenvalue weighted by molar-refractivity contribution is -0.115. The number of aryl methyl sites for hydroxylation is 1. The van der Waals surface area contributed by atoms with Crippen LogP contribution in [0.25, 0.3) is 0 Å². The fourth-order valence-corrected chi connectivity index (χ4v) is 3.72. The molecule has 0 spiro atoms. The fraction of sp³-hybridized carbons (Fsp3) is 0.227. The van der Waals surface area contributed by atoms with Crippen molar-refractivity contribution in [3.8, 4) is 5.75 Å². The van der Waals surface area contributed by atoms with Crippen molar-refractivity contribution in [1.82, 2.24) is 5.16 Å². The molecule has 0 aliphatic heterocycles. The Labute approximate surface area is 179 Å². The van der Waals surface area contributed by atoms with Gasteiger partial charge in [-0.05, 0) is 55.8 Å². The fourth-order valence-electron chi connectivity index (χ4n) is 2.71. The molecule has 0 aliphatic carbocycles. The average Bonchev–Trinajstić information content (AvgIpc) is 3.16. The highest BCUT2D eigenvalue weighted by molar-refractivity contribution is 8.00. The molecule has 2 amide bonds. The van der Waals surface area contributed by atoms with E-state index >= 15 is 0 Å². The van der Waals surface area contributed by atoms with Crippen molar-refractivity contribution in [3.63, 3.8) is 0 Å². The summed E-state index contributed by atoms with van der Waals surface area (Å²) in [4.78, 5) is 25.9. The normalized spacial score (nSPS) is 11.6. The lowest BCUT2D eigenvalue weighted by Gasteiger charge is -2.14. The quantitative estimate of drug-likeness (QED) is 0.506. The van der Waals surface area contributed by atoms with Crippen LogP contribution in [0, 0.1) is 6.92 Å². The topological polar surface area (TPSA) is 93.5 Å². The second kappa shape index (κ2) is 9.98. The molecule has 0 aliphatic rings. The maximum absolute atomic E-state index is 12.6. The Hall–Kier alpha value is -3.26. The van der Waals surface area contributed by atoms with E-state index in [0.29, 0.717) is 35.0 Å². The van der Waals surface area contributed by atoms with E-state index in [-0.39, 0.29) is 17.1 Å². The van der Waals surface area contributed by atoms with Gasteiger partial charge in [-0.25, -0.2) is 0 Å². The van der Waals surface area contributed by atoms with Gasteiger partial charge in [0.2, 0.25) is 5.91 Å². The number of methoxy groups -OCH3 is 1. The van der Waals surface area contributed by atoms with E-state index in [4.69, 9.17) is 9.26 Å². The molecule has 30 heavy (non-hydrogen) atoms. The molecule has 0 radical (unpaired) electrons. The van der Waals surface area contributed by atoms with Gasteiger partial charge < -0.3 is 19.9 Å². The van der Waals surface area contributed by atoms with E-state index in [1.54, 1.807) is 44.4 Å². The summed E-state index contributed by atoms with van der Waals surface area (Å²) in [6.45, 7) is 3.71. The smallest absolute Gasteiger partial charge is 0.255 e. The van der Waals surface area contributed by atoms with Gasteiger partial charge in [0.1, 0.15) is 11.5 Å². The lowest BCUT2D eigenvalue weighted by Crippen LogP contribution is -2.24. The van der Waals surface area contributed by atoms with Gasteiger partial charge in [-0.15, -0.1) is 11.8 Å². The third kappa shape index (κ3) is 5.64. The summed E-state index contributed by atoms with van der Waals surface area (Å²) < 4.78 is 10.1. The summed E-state index contributed by atoms with van der Waals surface area (Å²) in [5.74, 6) is 1.35. The molecule has 3 rings (SSSR count). The Balaban J connectivity index is 1.64. The van der Waals surface area contributed by atoms with Crippen LogP contribution in [0.3, 0.4) is 0 Å². The Morgan fingerprint density at radius 1 is 1.13 bits per heavy atom. The number of benzene rings is 2. The van der Waals surface area contributed by atoms with Gasteiger partial charge >= 0.3 is 0 Å². The zero-order valence-corrected chi connectivity index (χ0v) is 17.8. The second-order valence-electron chi connectivity index (χ2n) is 6.54. The predicted molar refractivity (Wildman–Crippen MR) is 117 cm³/mol. The number of hydrogen-bond acceptors (Lipinski definition) is 6. The molecule has 3 aromatic rings. The number of nitrogens with zero attached hydrogens (tertiary/aromatic N) is 1. The number of carbonyl (C=O) groups excluding carboxylic acids is 2. The number of aromatic nitrogens is 1. The number of anilines is 2. The molecule has 1 aromatic heterocycles. The first kappa shape index (κ1) is 21.4. The first-order valence-electron chi connectivity index (χ1n) is 9.44. The first-order valence-corrected chi connectivity index (χ1v) is 10.3. The van der Waals surface area contributed by atoms with Gasteiger partial charge in [-0.3, -0.25) is 9.59 Å². The molecule has 0 fully saturated rings. The van der Waals surface area contributed by atoms with Crippen LogP contribution in [-0.4, -0.2) is 29.3 Å². The second-order valence-corrected chi connectivity index (χ2v) is 7.81. The van der Waals surface area contributed by atoms with Crippen LogP contribution in [0.2, 0.25) is 0 Å². The molecular formula is C22H23N3O4S. The van der Waals surface area contributed by atoms with Crippen LogP contribution in [0.15, 0.2) is 64.0 Å². The highest BCUT2D eigenvalue weighted by Crippen LogP contribution is 2.28. The lowest BCUT2D eigenvalue weighted by atomic mass is 10.2. The van der Waals surface area contributed by atoms with Crippen LogP contribution in [0.1, 0.15) is 29.5 Å². The minimum absolute atomic E-state index is 0.150. The maximum Gasteiger partial charge on any atom is 0.255 e. The zero-order chi connectivity index (χ0) is 21.5. The van der Waals surface area contributed by atoms with Crippen molar-refractivity contribution in [2.45, 2.75) is 30.4 Å². The van der Waals surface area contributed by atoms with Crippen molar-refractivity contribution < 1.29 is 18.8 Å². The summed E-state index contributed by atoms with van der Waals surface area (Å²) in [6, 6.07) is 16.0. The van der Waals surface area contributed by atoms with Gasteiger partial charge in [0.25, 0.3) is 5.91 Å². The standard InChI is InChI=1S/C22H23N3O4S/c1-4-19(22(27)24-20-12-14(2)29-25-20)30-18-7-5-6-16(13-18)23-21(26)15-8-10-17(28-3)11-9-15/h5-13,19H,4H2,1-3H3,(H,23,26)(H,24,25,27). The summed E-state index contributed by atoms with van der Waals surface area (Å²) >= 11 is 1.43. The number of amides is 2. The van der Waals surface area contributed by atoms with Crippen molar-refractivity contribution >= 4 is 35.1 Å². The predicted octanol–water partition coefficient (Wildman–Crippen LogP) is 4.75. The number of ether oxygens (including phenoxy) is 1. The summed E-state index contributed by atoms with van der Waals surface area (Å²) in [5.41, 5.74) is 1.19. The van der Waals surface area contributed by atoms with Crippen LogP contribution in [-0.2, 0) is 4.79 Å². The first-order chi connectivity index (χ1) is 14.5. The third-order valence-corrected chi connectivity index (χ3v) is 5.62. The van der Waals surface area contributed by atoms with Crippen molar-refractivity contribution in [1.29, 1.82) is 0 Å². The van der Waals surface area contributed by atoms with E-state index in [1.165, 1.54) is 11.8 Å². The Kier molecular flexibility index (Phi) is 7.13. The van der Waals surface area contributed by atoms with Gasteiger partial charge in [0, 0.05) is 22.2 Å². The number of carbonyl (C=O) groups is 2. The molecule has 1 unspecified atom stereocenters. The highest BCUT2D eigenvalue weighted by Gasteiger charge is 2.19. The van der Waals surface area contributed by atoms with Crippen molar-refractivity contribution in [2.24, 2.45) is 0 Å². The summed E-state index contributed by atoms with van der Waals surface area (Å²) in [5, 5.41) is 9.13. The zero-order valence-electron chi connectivity index (χ0n) is 17.0. The van der Waals surface area contributed by atoms with Gasteiger partial charge in [0.05, 0.1) is 12.4 Å². The molecule has 156 valence electrons. The van der Waals surface area contributed by atoms with E-state index in [0.717, 1.165) is 4.90 Å². The summed E-state index contributed by atoms with van der Waals surface area (Å²) in [6.07, 6.45) is 0.635. The van der Waals surface area contributed by atoms with E-state index in [9.17, 15) is 9.59 Å². The SMILES string of the molecule is CCC(Sc1cccc(NC(=O)c2ccc(OC)cc2)c1)C(=O)Nc1cc(C)on1. The monoisotopic (exact) mass is 425 g/mol. The van der Waals surface area contributed by atoms with E-state index < -0.39 is 0 Å². The number of rotatable bonds is 8. The third-order valence-electron chi connectivity index (χ3n) is 4.26.